The lowest BCUT2D eigenvalue weighted by Gasteiger charge is -2.26. The topological polar surface area (TPSA) is 68.1 Å². The van der Waals surface area contributed by atoms with Gasteiger partial charge in [0.25, 0.3) is 0 Å². The van der Waals surface area contributed by atoms with E-state index < -0.39 is 0 Å². The zero-order valence-electron chi connectivity index (χ0n) is 14.4. The molecule has 1 N–H and O–H groups in total. The number of ether oxygens (including phenoxy) is 1. The number of benzene rings is 1. The lowest BCUT2D eigenvalue weighted by molar-refractivity contribution is 0.300. The van der Waals surface area contributed by atoms with Gasteiger partial charge in [-0.25, -0.2) is 9.97 Å². The van der Waals surface area contributed by atoms with Crippen molar-refractivity contribution in [2.75, 3.05) is 33.1 Å². The van der Waals surface area contributed by atoms with E-state index >= 15 is 0 Å². The van der Waals surface area contributed by atoms with Gasteiger partial charge in [-0.3, -0.25) is 4.68 Å². The van der Waals surface area contributed by atoms with Crippen LogP contribution in [0.25, 0.3) is 11.0 Å². The predicted molar refractivity (Wildman–Crippen MR) is 94.2 cm³/mol. The molecule has 0 aliphatic carbocycles. The number of para-hydroxylation sites is 1. The Labute approximate surface area is 141 Å². The maximum Gasteiger partial charge on any atom is 0.163 e. The molecule has 2 aromatic heterocycles. The first kappa shape index (κ1) is 16.2. The van der Waals surface area contributed by atoms with Crippen molar-refractivity contribution in [3.63, 3.8) is 0 Å². The number of aryl methyl sites for hydroxylation is 1. The number of methoxy groups -OCH3 is 1. The quantitative estimate of drug-likeness (QED) is 0.748. The number of hydrogen-bond donors (Lipinski definition) is 1. The first-order valence-electron chi connectivity index (χ1n) is 7.77. The molecule has 2 heterocycles. The fraction of sp³-hybridized carbons (Fsp3) is 0.353. The molecule has 0 fully saturated rings. The Morgan fingerprint density at radius 3 is 2.79 bits per heavy atom. The average Bonchev–Trinajstić information content (AvgIpc) is 2.97. The molecule has 0 spiro atoms. The minimum atomic E-state index is 0.142. The number of fused-ring (bicyclic) bond motifs is 1. The summed E-state index contributed by atoms with van der Waals surface area (Å²) in [6, 6.07) is 8.22. The van der Waals surface area contributed by atoms with Crippen LogP contribution in [-0.4, -0.2) is 52.4 Å². The molecule has 0 radical (unpaired) electrons. The number of anilines is 1. The van der Waals surface area contributed by atoms with E-state index in [0.717, 1.165) is 28.2 Å². The summed E-state index contributed by atoms with van der Waals surface area (Å²) >= 11 is 0. The Bertz CT molecular complexity index is 829. The third-order valence-corrected chi connectivity index (χ3v) is 4.11. The van der Waals surface area contributed by atoms with E-state index in [2.05, 4.69) is 45.4 Å². The van der Waals surface area contributed by atoms with Crippen LogP contribution in [0.1, 0.15) is 11.6 Å². The molecular weight excluding hydrogens is 304 g/mol. The maximum atomic E-state index is 5.51. The van der Waals surface area contributed by atoms with Crippen LogP contribution in [0, 0.1) is 0 Å². The van der Waals surface area contributed by atoms with Crippen molar-refractivity contribution >= 4 is 16.9 Å². The van der Waals surface area contributed by atoms with Crippen LogP contribution in [0.5, 0.6) is 5.75 Å². The molecule has 126 valence electrons. The Morgan fingerprint density at radius 2 is 2.04 bits per heavy atom. The summed E-state index contributed by atoms with van der Waals surface area (Å²) in [4.78, 5) is 10.8. The number of likely N-dealkylation sites (N-methyl/N-ethyl adjacent to an activating group) is 1. The van der Waals surface area contributed by atoms with Crippen molar-refractivity contribution in [1.82, 2.24) is 24.6 Å². The predicted octanol–water partition coefficient (Wildman–Crippen LogP) is 2.09. The molecule has 7 nitrogen and oxygen atoms in total. The highest BCUT2D eigenvalue weighted by Gasteiger charge is 2.19. The third kappa shape index (κ3) is 3.03. The van der Waals surface area contributed by atoms with Crippen LogP contribution in [0.2, 0.25) is 0 Å². The molecule has 0 saturated carbocycles. The molecule has 0 saturated heterocycles. The zero-order valence-corrected chi connectivity index (χ0v) is 14.4. The molecule has 3 rings (SSSR count). The molecule has 24 heavy (non-hydrogen) atoms. The molecule has 1 unspecified atom stereocenters. The molecule has 1 atom stereocenters. The van der Waals surface area contributed by atoms with Crippen molar-refractivity contribution in [1.29, 1.82) is 0 Å². The van der Waals surface area contributed by atoms with Gasteiger partial charge >= 0.3 is 0 Å². The van der Waals surface area contributed by atoms with Gasteiger partial charge in [-0.15, -0.1) is 0 Å². The Morgan fingerprint density at radius 1 is 1.25 bits per heavy atom. The van der Waals surface area contributed by atoms with E-state index in [-0.39, 0.29) is 6.04 Å². The van der Waals surface area contributed by atoms with Gasteiger partial charge in [0.05, 0.1) is 24.7 Å². The van der Waals surface area contributed by atoms with Gasteiger partial charge in [0, 0.05) is 19.2 Å². The van der Waals surface area contributed by atoms with Crippen LogP contribution < -0.4 is 10.1 Å². The minimum absolute atomic E-state index is 0.142. The molecule has 0 amide bonds. The highest BCUT2D eigenvalue weighted by atomic mass is 16.5. The summed E-state index contributed by atoms with van der Waals surface area (Å²) in [5.41, 5.74) is 1.94. The van der Waals surface area contributed by atoms with Crippen LogP contribution >= 0.6 is 0 Å². The molecular formula is C17H22N6O. The average molecular weight is 326 g/mol. The lowest BCUT2D eigenvalue weighted by Crippen LogP contribution is -2.27. The van der Waals surface area contributed by atoms with E-state index in [1.54, 1.807) is 24.3 Å². The highest BCUT2D eigenvalue weighted by molar-refractivity contribution is 5.85. The molecule has 0 bridgehead atoms. The van der Waals surface area contributed by atoms with Gasteiger partial charge in [-0.05, 0) is 20.2 Å². The van der Waals surface area contributed by atoms with Crippen molar-refractivity contribution in [2.45, 2.75) is 6.04 Å². The molecule has 3 aromatic rings. The number of rotatable bonds is 6. The van der Waals surface area contributed by atoms with Crippen LogP contribution in [0.4, 0.5) is 5.82 Å². The summed E-state index contributed by atoms with van der Waals surface area (Å²) in [6.07, 6.45) is 3.34. The summed E-state index contributed by atoms with van der Waals surface area (Å²) in [6.45, 7) is 0.689. The number of aromatic nitrogens is 4. The van der Waals surface area contributed by atoms with Crippen molar-refractivity contribution in [3.05, 3.63) is 42.4 Å². The van der Waals surface area contributed by atoms with Gasteiger partial charge in [0.2, 0.25) is 0 Å². The third-order valence-electron chi connectivity index (χ3n) is 4.11. The maximum absolute atomic E-state index is 5.51. The molecule has 7 heteroatoms. The Balaban J connectivity index is 1.86. The van der Waals surface area contributed by atoms with E-state index in [1.165, 1.54) is 0 Å². The van der Waals surface area contributed by atoms with E-state index in [0.29, 0.717) is 6.54 Å². The first-order chi connectivity index (χ1) is 11.6. The summed E-state index contributed by atoms with van der Waals surface area (Å²) in [5.74, 6) is 1.67. The normalized spacial score (nSPS) is 12.5. The molecule has 0 aliphatic rings. The van der Waals surface area contributed by atoms with Crippen LogP contribution in [0.15, 0.2) is 36.8 Å². The van der Waals surface area contributed by atoms with Gasteiger partial charge in [-0.2, -0.15) is 5.10 Å². The lowest BCUT2D eigenvalue weighted by atomic mass is 10.0. The van der Waals surface area contributed by atoms with Crippen LogP contribution in [0.3, 0.4) is 0 Å². The number of nitrogens with zero attached hydrogens (tertiary/aromatic N) is 5. The van der Waals surface area contributed by atoms with E-state index in [4.69, 9.17) is 4.74 Å². The fourth-order valence-corrected chi connectivity index (χ4v) is 2.81. The monoisotopic (exact) mass is 326 g/mol. The largest absolute Gasteiger partial charge is 0.496 e. The number of hydrogen-bond acceptors (Lipinski definition) is 6. The van der Waals surface area contributed by atoms with Crippen LogP contribution in [-0.2, 0) is 7.05 Å². The second-order valence-electron chi connectivity index (χ2n) is 5.83. The number of nitrogens with one attached hydrogen (secondary N) is 1. The standard InChI is InChI=1S/C17H22N6O/c1-22(2)14(12-7-5-6-8-15(12)24-4)10-18-16-13-9-21-23(3)17(13)20-11-19-16/h5-9,11,14H,10H2,1-4H3,(H,18,19,20). The van der Waals surface area contributed by atoms with Gasteiger partial charge < -0.3 is 15.0 Å². The first-order valence-corrected chi connectivity index (χ1v) is 7.77. The zero-order chi connectivity index (χ0) is 17.1. The molecule has 0 aliphatic heterocycles. The Hall–Kier alpha value is -2.67. The molecule has 1 aromatic carbocycles. The van der Waals surface area contributed by atoms with Gasteiger partial charge in [-0.1, -0.05) is 18.2 Å². The van der Waals surface area contributed by atoms with Gasteiger partial charge in [0.1, 0.15) is 17.9 Å². The SMILES string of the molecule is COc1ccccc1C(CNc1ncnc2c1cnn2C)N(C)C. The van der Waals surface area contributed by atoms with E-state index in [1.807, 2.05) is 25.2 Å². The second-order valence-corrected chi connectivity index (χ2v) is 5.83. The van der Waals surface area contributed by atoms with Crippen molar-refractivity contribution < 1.29 is 4.74 Å². The van der Waals surface area contributed by atoms with Crippen molar-refractivity contribution in [2.24, 2.45) is 7.05 Å². The second kappa shape index (κ2) is 6.84. The van der Waals surface area contributed by atoms with Crippen molar-refractivity contribution in [3.8, 4) is 5.75 Å². The summed E-state index contributed by atoms with van der Waals surface area (Å²) < 4.78 is 7.25. The smallest absolute Gasteiger partial charge is 0.163 e. The van der Waals surface area contributed by atoms with Gasteiger partial charge in [0.15, 0.2) is 5.65 Å². The highest BCUT2D eigenvalue weighted by Crippen LogP contribution is 2.28. The fourth-order valence-electron chi connectivity index (χ4n) is 2.81. The summed E-state index contributed by atoms with van der Waals surface area (Å²) in [5, 5.41) is 8.59. The van der Waals surface area contributed by atoms with E-state index in [9.17, 15) is 0 Å². The minimum Gasteiger partial charge on any atom is -0.496 e. The summed E-state index contributed by atoms with van der Waals surface area (Å²) in [7, 11) is 7.68. The Kier molecular flexibility index (Phi) is 4.61.